The molecule has 0 unspecified atom stereocenters. The summed E-state index contributed by atoms with van der Waals surface area (Å²) in [5.74, 6) is -0.770. The minimum atomic E-state index is -0.487. The fraction of sp³-hybridized carbons (Fsp3) is 0.273. The number of amides is 1. The number of carbonyl (C=O) groups is 2. The van der Waals surface area contributed by atoms with Crippen LogP contribution < -0.4 is 5.32 Å². The van der Waals surface area contributed by atoms with E-state index in [1.807, 2.05) is 12.1 Å². The second-order valence-electron chi connectivity index (χ2n) is 7.11. The van der Waals surface area contributed by atoms with Gasteiger partial charge in [0.1, 0.15) is 0 Å². The molecule has 0 fully saturated rings. The molecule has 27 heavy (non-hydrogen) atoms. The molecule has 0 saturated heterocycles. The number of anilines is 1. The van der Waals surface area contributed by atoms with Crippen molar-refractivity contribution >= 4 is 35.2 Å². The zero-order valence-corrected chi connectivity index (χ0v) is 16.8. The molecular formula is C22H24ClNO3. The molecule has 0 aromatic heterocycles. The molecule has 2 aromatic rings. The molecule has 1 amide bonds. The molecule has 0 aliphatic carbocycles. The molecule has 5 heteroatoms. The Morgan fingerprint density at radius 3 is 2.33 bits per heavy atom. The molecule has 1 N–H and O–H groups in total. The second kappa shape index (κ2) is 8.87. The lowest BCUT2D eigenvalue weighted by Gasteiger charge is -2.18. The van der Waals surface area contributed by atoms with Gasteiger partial charge in [-0.3, -0.25) is 4.79 Å². The lowest BCUT2D eigenvalue weighted by Crippen LogP contribution is -2.10. The Hall–Kier alpha value is -2.59. The normalized spacial score (nSPS) is 11.4. The van der Waals surface area contributed by atoms with E-state index in [-0.39, 0.29) is 28.5 Å². The average molecular weight is 386 g/mol. The van der Waals surface area contributed by atoms with Gasteiger partial charge in [-0.15, -0.1) is 0 Å². The summed E-state index contributed by atoms with van der Waals surface area (Å²) in [6.07, 6.45) is 3.20. The Labute approximate surface area is 165 Å². The van der Waals surface area contributed by atoms with Crippen molar-refractivity contribution < 1.29 is 14.3 Å². The fourth-order valence-electron chi connectivity index (χ4n) is 2.42. The summed E-state index contributed by atoms with van der Waals surface area (Å²) in [5, 5.41) is 2.95. The van der Waals surface area contributed by atoms with E-state index in [1.54, 1.807) is 19.1 Å². The minimum absolute atomic E-state index is 0.0919. The van der Waals surface area contributed by atoms with Gasteiger partial charge < -0.3 is 10.1 Å². The summed E-state index contributed by atoms with van der Waals surface area (Å²) in [6.45, 7) is 8.47. The number of ether oxygens (including phenoxy) is 1. The van der Waals surface area contributed by atoms with Gasteiger partial charge in [0.25, 0.3) is 0 Å². The lowest BCUT2D eigenvalue weighted by atomic mass is 9.87. The molecule has 0 aliphatic rings. The lowest BCUT2D eigenvalue weighted by molar-refractivity contribution is -0.111. The molecule has 2 aromatic carbocycles. The third-order valence-corrected chi connectivity index (χ3v) is 4.25. The van der Waals surface area contributed by atoms with Gasteiger partial charge in [0.15, 0.2) is 0 Å². The minimum Gasteiger partial charge on any atom is -0.462 e. The summed E-state index contributed by atoms with van der Waals surface area (Å²) < 4.78 is 4.92. The van der Waals surface area contributed by atoms with E-state index in [9.17, 15) is 9.59 Å². The number of hydrogen-bond acceptors (Lipinski definition) is 3. The van der Waals surface area contributed by atoms with Crippen LogP contribution in [-0.4, -0.2) is 18.5 Å². The smallest absolute Gasteiger partial charge is 0.339 e. The van der Waals surface area contributed by atoms with Crippen molar-refractivity contribution in [2.75, 3.05) is 11.9 Å². The molecule has 4 nitrogen and oxygen atoms in total. The van der Waals surface area contributed by atoms with E-state index in [0.29, 0.717) is 5.69 Å². The van der Waals surface area contributed by atoms with Crippen LogP contribution in [0.2, 0.25) is 5.02 Å². The van der Waals surface area contributed by atoms with Crippen molar-refractivity contribution in [3.8, 4) is 0 Å². The first-order chi connectivity index (χ1) is 12.7. The highest BCUT2D eigenvalue weighted by Gasteiger charge is 2.13. The second-order valence-corrected chi connectivity index (χ2v) is 7.52. The highest BCUT2D eigenvalue weighted by Crippen LogP contribution is 2.23. The summed E-state index contributed by atoms with van der Waals surface area (Å²) in [5.41, 5.74) is 3.04. The first kappa shape index (κ1) is 20.7. The van der Waals surface area contributed by atoms with Crippen LogP contribution in [0.1, 0.15) is 49.2 Å². The van der Waals surface area contributed by atoms with E-state index in [1.165, 1.54) is 23.8 Å². The molecule has 0 radical (unpaired) electrons. The number of esters is 1. The number of carbonyl (C=O) groups excluding carboxylic acids is 2. The summed E-state index contributed by atoms with van der Waals surface area (Å²) in [6, 6.07) is 12.8. The van der Waals surface area contributed by atoms with Crippen LogP contribution in [0, 0.1) is 0 Å². The third-order valence-electron chi connectivity index (χ3n) is 3.94. The van der Waals surface area contributed by atoms with Crippen LogP contribution in [0.15, 0.2) is 48.5 Å². The quantitative estimate of drug-likeness (QED) is 0.548. The predicted molar refractivity (Wildman–Crippen MR) is 110 cm³/mol. The van der Waals surface area contributed by atoms with Gasteiger partial charge in [-0.2, -0.15) is 0 Å². The first-order valence-electron chi connectivity index (χ1n) is 8.77. The van der Waals surface area contributed by atoms with Crippen LogP contribution >= 0.6 is 11.6 Å². The van der Waals surface area contributed by atoms with E-state index in [0.717, 1.165) is 5.56 Å². The highest BCUT2D eigenvalue weighted by molar-refractivity contribution is 6.34. The molecule has 2 rings (SSSR count). The van der Waals surface area contributed by atoms with Gasteiger partial charge in [-0.05, 0) is 47.7 Å². The molecule has 0 bridgehead atoms. The zero-order chi connectivity index (χ0) is 20.0. The zero-order valence-electron chi connectivity index (χ0n) is 16.0. The van der Waals surface area contributed by atoms with Gasteiger partial charge in [-0.25, -0.2) is 4.79 Å². The molecule has 0 spiro atoms. The summed E-state index contributed by atoms with van der Waals surface area (Å²) in [4.78, 5) is 23.9. The fourth-order valence-corrected chi connectivity index (χ4v) is 2.68. The van der Waals surface area contributed by atoms with Gasteiger partial charge in [-0.1, -0.05) is 56.6 Å². The molecule has 142 valence electrons. The number of halogens is 1. The standard InChI is InChI=1S/C22H24ClNO3/c1-5-27-21(26)18-12-11-17(14-19(18)23)24-20(25)13-8-15-6-9-16(10-7-15)22(2,3)4/h6-14H,5H2,1-4H3,(H,24,25)/b13-8+. The van der Waals surface area contributed by atoms with Crippen LogP contribution in [-0.2, 0) is 14.9 Å². The number of benzene rings is 2. The molecule has 0 atom stereocenters. The van der Waals surface area contributed by atoms with Crippen molar-refractivity contribution in [2.24, 2.45) is 0 Å². The average Bonchev–Trinajstić information content (AvgIpc) is 2.60. The largest absolute Gasteiger partial charge is 0.462 e. The van der Waals surface area contributed by atoms with Crippen molar-refractivity contribution in [1.82, 2.24) is 0 Å². The number of hydrogen-bond donors (Lipinski definition) is 1. The van der Waals surface area contributed by atoms with Gasteiger partial charge in [0.05, 0.1) is 17.2 Å². The van der Waals surface area contributed by atoms with Crippen LogP contribution in [0.4, 0.5) is 5.69 Å². The maximum absolute atomic E-state index is 12.1. The van der Waals surface area contributed by atoms with E-state index >= 15 is 0 Å². The van der Waals surface area contributed by atoms with Crippen LogP contribution in [0.25, 0.3) is 6.08 Å². The van der Waals surface area contributed by atoms with Crippen molar-refractivity contribution in [1.29, 1.82) is 0 Å². The number of rotatable bonds is 5. The first-order valence-corrected chi connectivity index (χ1v) is 9.15. The van der Waals surface area contributed by atoms with Crippen molar-refractivity contribution in [2.45, 2.75) is 33.1 Å². The van der Waals surface area contributed by atoms with Crippen molar-refractivity contribution in [3.05, 3.63) is 70.3 Å². The third kappa shape index (κ3) is 5.97. The van der Waals surface area contributed by atoms with E-state index < -0.39 is 5.97 Å². The summed E-state index contributed by atoms with van der Waals surface area (Å²) >= 11 is 6.10. The van der Waals surface area contributed by atoms with E-state index in [4.69, 9.17) is 16.3 Å². The highest BCUT2D eigenvalue weighted by atomic mass is 35.5. The Kier molecular flexibility index (Phi) is 6.81. The number of nitrogens with one attached hydrogen (secondary N) is 1. The van der Waals surface area contributed by atoms with Gasteiger partial charge >= 0.3 is 5.97 Å². The maximum atomic E-state index is 12.1. The summed E-state index contributed by atoms with van der Waals surface area (Å²) in [7, 11) is 0. The topological polar surface area (TPSA) is 55.4 Å². The van der Waals surface area contributed by atoms with Crippen LogP contribution in [0.3, 0.4) is 0 Å². The Morgan fingerprint density at radius 1 is 1.11 bits per heavy atom. The van der Waals surface area contributed by atoms with Crippen molar-refractivity contribution in [3.63, 3.8) is 0 Å². The Morgan fingerprint density at radius 2 is 1.78 bits per heavy atom. The molecule has 0 aliphatic heterocycles. The monoisotopic (exact) mass is 385 g/mol. The van der Waals surface area contributed by atoms with Gasteiger partial charge in [0.2, 0.25) is 5.91 Å². The maximum Gasteiger partial charge on any atom is 0.339 e. The SMILES string of the molecule is CCOC(=O)c1ccc(NC(=O)/C=C/c2ccc(C(C)(C)C)cc2)cc1Cl. The Balaban J connectivity index is 2.02. The molecule has 0 heterocycles. The van der Waals surface area contributed by atoms with Crippen LogP contribution in [0.5, 0.6) is 0 Å². The molecular weight excluding hydrogens is 362 g/mol. The Bertz CT molecular complexity index is 849. The molecule has 0 saturated carbocycles. The van der Waals surface area contributed by atoms with E-state index in [2.05, 4.69) is 38.2 Å². The predicted octanol–water partition coefficient (Wildman–Crippen LogP) is 5.47. The van der Waals surface area contributed by atoms with Gasteiger partial charge in [0, 0.05) is 11.8 Å².